The minimum Gasteiger partial charge on any atom is -0.338 e. The normalized spacial score (nSPS) is 15.9. The number of aromatic nitrogens is 2. The minimum atomic E-state index is -3.61. The van der Waals surface area contributed by atoms with Crippen molar-refractivity contribution in [3.63, 3.8) is 0 Å². The number of hydrogen-bond donors (Lipinski definition) is 1. The predicted molar refractivity (Wildman–Crippen MR) is 120 cm³/mol. The molecule has 1 aliphatic heterocycles. The van der Waals surface area contributed by atoms with Gasteiger partial charge in [0.05, 0.1) is 16.6 Å². The van der Waals surface area contributed by atoms with Gasteiger partial charge in [-0.05, 0) is 49.6 Å². The van der Waals surface area contributed by atoms with Crippen LogP contribution in [0.2, 0.25) is 5.02 Å². The SMILES string of the molecule is CCN(Cc1ccccc1Cl)C(=O)C1CCN(S(=O)(=O)c2ccc3[nH]ncc3c2)CC1. The number of halogens is 1. The van der Waals surface area contributed by atoms with Crippen LogP contribution in [-0.2, 0) is 21.4 Å². The van der Waals surface area contributed by atoms with Gasteiger partial charge in [-0.15, -0.1) is 0 Å². The zero-order valence-electron chi connectivity index (χ0n) is 17.3. The summed E-state index contributed by atoms with van der Waals surface area (Å²) >= 11 is 6.26. The van der Waals surface area contributed by atoms with Crippen molar-refractivity contribution in [3.05, 3.63) is 59.2 Å². The van der Waals surface area contributed by atoms with Crippen LogP contribution in [0, 0.1) is 5.92 Å². The topological polar surface area (TPSA) is 86.4 Å². The van der Waals surface area contributed by atoms with Crippen LogP contribution in [0.15, 0.2) is 53.6 Å². The summed E-state index contributed by atoms with van der Waals surface area (Å²) in [6.07, 6.45) is 2.62. The molecule has 0 atom stereocenters. The molecule has 1 aliphatic rings. The van der Waals surface area contributed by atoms with E-state index in [0.29, 0.717) is 44.0 Å². The van der Waals surface area contributed by atoms with Crippen LogP contribution in [0.5, 0.6) is 0 Å². The van der Waals surface area contributed by atoms with Gasteiger partial charge in [0.1, 0.15) is 0 Å². The average molecular weight is 461 g/mol. The number of hydrogen-bond acceptors (Lipinski definition) is 4. The number of benzene rings is 2. The Balaban J connectivity index is 1.42. The molecule has 164 valence electrons. The van der Waals surface area contributed by atoms with E-state index in [1.54, 1.807) is 29.3 Å². The molecule has 7 nitrogen and oxygen atoms in total. The molecule has 0 radical (unpaired) electrons. The second-order valence-corrected chi connectivity index (χ2v) is 10.1. The Hall–Kier alpha value is -2.42. The van der Waals surface area contributed by atoms with Crippen molar-refractivity contribution < 1.29 is 13.2 Å². The van der Waals surface area contributed by atoms with Crippen molar-refractivity contribution in [1.82, 2.24) is 19.4 Å². The molecule has 9 heteroatoms. The van der Waals surface area contributed by atoms with Crippen LogP contribution in [0.25, 0.3) is 10.9 Å². The van der Waals surface area contributed by atoms with Gasteiger partial charge in [0.25, 0.3) is 0 Å². The molecule has 31 heavy (non-hydrogen) atoms. The molecule has 2 aromatic carbocycles. The van der Waals surface area contributed by atoms with Crippen molar-refractivity contribution in [2.24, 2.45) is 5.92 Å². The van der Waals surface area contributed by atoms with E-state index in [9.17, 15) is 13.2 Å². The maximum absolute atomic E-state index is 13.1. The van der Waals surface area contributed by atoms with Crippen LogP contribution in [-0.4, -0.2) is 53.4 Å². The number of sulfonamides is 1. The van der Waals surface area contributed by atoms with E-state index in [0.717, 1.165) is 16.5 Å². The fraction of sp³-hybridized carbons (Fsp3) is 0.364. The first kappa shape index (κ1) is 21.8. The first-order valence-electron chi connectivity index (χ1n) is 10.4. The lowest BCUT2D eigenvalue weighted by molar-refractivity contribution is -0.137. The van der Waals surface area contributed by atoms with Gasteiger partial charge in [0.2, 0.25) is 15.9 Å². The number of rotatable bonds is 6. The summed E-state index contributed by atoms with van der Waals surface area (Å²) in [6.45, 7) is 3.63. The van der Waals surface area contributed by atoms with E-state index in [1.165, 1.54) is 4.31 Å². The number of aromatic amines is 1. The number of fused-ring (bicyclic) bond motifs is 1. The number of carbonyl (C=O) groups excluding carboxylic acids is 1. The first-order valence-corrected chi connectivity index (χ1v) is 12.2. The number of piperidine rings is 1. The van der Waals surface area contributed by atoms with Gasteiger partial charge >= 0.3 is 0 Å². The van der Waals surface area contributed by atoms with E-state index < -0.39 is 10.0 Å². The maximum Gasteiger partial charge on any atom is 0.243 e. The van der Waals surface area contributed by atoms with E-state index >= 15 is 0 Å². The van der Waals surface area contributed by atoms with E-state index in [2.05, 4.69) is 10.2 Å². The van der Waals surface area contributed by atoms with Crippen LogP contribution < -0.4 is 0 Å². The number of nitrogens with zero attached hydrogens (tertiary/aromatic N) is 3. The van der Waals surface area contributed by atoms with Crippen molar-refractivity contribution >= 4 is 38.4 Å². The van der Waals surface area contributed by atoms with Crippen LogP contribution in [0.1, 0.15) is 25.3 Å². The first-order chi connectivity index (χ1) is 14.9. The lowest BCUT2D eigenvalue weighted by Gasteiger charge is -2.33. The predicted octanol–water partition coefficient (Wildman–Crippen LogP) is 3.67. The fourth-order valence-corrected chi connectivity index (χ4v) is 5.71. The van der Waals surface area contributed by atoms with Crippen molar-refractivity contribution in [2.75, 3.05) is 19.6 Å². The van der Waals surface area contributed by atoms with Gasteiger partial charge in [-0.3, -0.25) is 9.89 Å². The Morgan fingerprint density at radius 1 is 1.23 bits per heavy atom. The van der Waals surface area contributed by atoms with Gasteiger partial charge in [0.15, 0.2) is 0 Å². The van der Waals surface area contributed by atoms with Gasteiger partial charge < -0.3 is 4.90 Å². The van der Waals surface area contributed by atoms with E-state index in [-0.39, 0.29) is 16.7 Å². The third-order valence-corrected chi connectivity index (χ3v) is 8.13. The summed E-state index contributed by atoms with van der Waals surface area (Å²) in [4.78, 5) is 15.1. The second-order valence-electron chi connectivity index (χ2n) is 7.74. The third-order valence-electron chi connectivity index (χ3n) is 5.87. The number of amides is 1. The number of carbonyl (C=O) groups is 1. The second kappa shape index (κ2) is 8.98. The standard InChI is InChI=1S/C22H25ClN4O3S/c1-2-26(15-17-5-3-4-6-20(17)23)22(28)16-9-11-27(12-10-16)31(29,30)19-7-8-21-18(13-19)14-24-25-21/h3-8,13-14,16H,2,9-12,15H2,1H3,(H,24,25). The highest BCUT2D eigenvalue weighted by Crippen LogP contribution is 2.27. The Bertz CT molecular complexity index is 1190. The summed E-state index contributed by atoms with van der Waals surface area (Å²) in [5.41, 5.74) is 1.70. The molecule has 3 aromatic rings. The molecule has 0 saturated carbocycles. The summed E-state index contributed by atoms with van der Waals surface area (Å²) in [6, 6.07) is 12.5. The van der Waals surface area contributed by atoms with Crippen LogP contribution in [0.3, 0.4) is 0 Å². The van der Waals surface area contributed by atoms with Gasteiger partial charge in [-0.1, -0.05) is 29.8 Å². The third kappa shape index (κ3) is 4.46. The summed E-state index contributed by atoms with van der Waals surface area (Å²) in [5.74, 6) is -0.135. The Morgan fingerprint density at radius 3 is 2.68 bits per heavy atom. The summed E-state index contributed by atoms with van der Waals surface area (Å²) in [7, 11) is -3.61. The molecule has 0 spiro atoms. The monoisotopic (exact) mass is 460 g/mol. The average Bonchev–Trinajstić information content (AvgIpc) is 3.26. The van der Waals surface area contributed by atoms with Crippen LogP contribution >= 0.6 is 11.6 Å². The Labute approximate surface area is 187 Å². The zero-order chi connectivity index (χ0) is 22.0. The summed E-state index contributed by atoms with van der Waals surface area (Å²) < 4.78 is 27.6. The number of H-pyrrole nitrogens is 1. The minimum absolute atomic E-state index is 0.0549. The molecular weight excluding hydrogens is 436 g/mol. The molecule has 0 aliphatic carbocycles. The molecule has 2 heterocycles. The van der Waals surface area contributed by atoms with E-state index in [1.807, 2.05) is 31.2 Å². The molecule has 1 amide bonds. The van der Waals surface area contributed by atoms with Gasteiger partial charge in [-0.25, -0.2) is 8.42 Å². The zero-order valence-corrected chi connectivity index (χ0v) is 18.9. The highest BCUT2D eigenvalue weighted by molar-refractivity contribution is 7.89. The van der Waals surface area contributed by atoms with Gasteiger partial charge in [0, 0.05) is 42.5 Å². The Morgan fingerprint density at radius 2 is 1.97 bits per heavy atom. The molecule has 1 fully saturated rings. The van der Waals surface area contributed by atoms with E-state index in [4.69, 9.17) is 11.6 Å². The molecule has 0 bridgehead atoms. The van der Waals surface area contributed by atoms with Crippen molar-refractivity contribution in [3.8, 4) is 0 Å². The lowest BCUT2D eigenvalue weighted by Crippen LogP contribution is -2.44. The quantitative estimate of drug-likeness (QED) is 0.608. The smallest absolute Gasteiger partial charge is 0.243 e. The highest BCUT2D eigenvalue weighted by atomic mass is 35.5. The Kier molecular flexibility index (Phi) is 6.31. The lowest BCUT2D eigenvalue weighted by atomic mass is 9.96. The molecule has 4 rings (SSSR count). The molecule has 0 unspecified atom stereocenters. The highest BCUT2D eigenvalue weighted by Gasteiger charge is 2.33. The molecule has 1 saturated heterocycles. The molecule has 1 N–H and O–H groups in total. The van der Waals surface area contributed by atoms with Gasteiger partial charge in [-0.2, -0.15) is 9.40 Å². The number of nitrogens with one attached hydrogen (secondary N) is 1. The van der Waals surface area contributed by atoms with Crippen molar-refractivity contribution in [2.45, 2.75) is 31.2 Å². The maximum atomic E-state index is 13.1. The molecule has 1 aromatic heterocycles. The van der Waals surface area contributed by atoms with Crippen molar-refractivity contribution in [1.29, 1.82) is 0 Å². The fourth-order valence-electron chi connectivity index (χ4n) is 4.01. The van der Waals surface area contributed by atoms with Crippen LogP contribution in [0.4, 0.5) is 0 Å². The largest absolute Gasteiger partial charge is 0.338 e. The molecular formula is C22H25ClN4O3S. The summed E-state index contributed by atoms with van der Waals surface area (Å²) in [5, 5.41) is 8.16.